The molecule has 0 fully saturated rings. The van der Waals surface area contributed by atoms with Gasteiger partial charge in [0.05, 0.1) is 22.8 Å². The number of nitrogens with zero attached hydrogens (tertiary/aromatic N) is 3. The maximum atomic E-state index is 4.59. The molecule has 0 aromatic carbocycles. The molecule has 0 aliphatic heterocycles. The van der Waals surface area contributed by atoms with Crippen molar-refractivity contribution in [1.82, 2.24) is 15.0 Å². The van der Waals surface area contributed by atoms with Crippen molar-refractivity contribution in [2.45, 2.75) is 0 Å². The second-order valence-corrected chi connectivity index (χ2v) is 3.84. The molecular weight excluding hydrogens is 431 g/mol. The van der Waals surface area contributed by atoms with Gasteiger partial charge < -0.3 is 7.43 Å². The Morgan fingerprint density at radius 3 is 1.40 bits per heavy atom. The van der Waals surface area contributed by atoms with Gasteiger partial charge in [-0.25, -0.2) is 4.98 Å². The van der Waals surface area contributed by atoms with Gasteiger partial charge >= 0.3 is 22.4 Å². The summed E-state index contributed by atoms with van der Waals surface area (Å²) >= 11 is 0. The molecule has 3 nitrogen and oxygen atoms in total. The summed E-state index contributed by atoms with van der Waals surface area (Å²) in [6, 6.07) is 17.5. The summed E-state index contributed by atoms with van der Waals surface area (Å²) in [5, 5.41) is 0. The molecule has 0 saturated heterocycles. The van der Waals surface area contributed by atoms with E-state index in [9.17, 15) is 0 Å². The number of rotatable bonds is 2. The van der Waals surface area contributed by atoms with Crippen LogP contribution in [0.15, 0.2) is 67.0 Å². The molecule has 4 heteroatoms. The van der Waals surface area contributed by atoms with Crippen LogP contribution in [0.25, 0.3) is 22.8 Å². The van der Waals surface area contributed by atoms with E-state index in [4.69, 9.17) is 0 Å². The van der Waals surface area contributed by atoms with E-state index >= 15 is 0 Å². The predicted octanol–water partition coefficient (Wildman–Crippen LogP) is 3.65. The van der Waals surface area contributed by atoms with Crippen LogP contribution in [-0.2, 0) is 22.4 Å². The van der Waals surface area contributed by atoms with Crippen LogP contribution in [0.5, 0.6) is 0 Å². The molecule has 3 rings (SSSR count). The minimum Gasteiger partial charge on any atom is -0.358 e. The van der Waals surface area contributed by atoms with E-state index < -0.39 is 0 Å². The fraction of sp³-hybridized carbons (Fsp3) is 0. The Morgan fingerprint density at radius 2 is 1.00 bits per heavy atom. The van der Waals surface area contributed by atoms with Gasteiger partial charge in [-0.2, -0.15) is 0 Å². The van der Waals surface area contributed by atoms with Crippen molar-refractivity contribution in [2.75, 3.05) is 0 Å². The van der Waals surface area contributed by atoms with Crippen LogP contribution in [0.2, 0.25) is 0 Å². The molecule has 0 N–H and O–H groups in total. The Balaban J connectivity index is 0.000001000. The molecule has 20 heavy (non-hydrogen) atoms. The normalized spacial score (nSPS) is 9.20. The molecule has 0 atom stereocenters. The minimum atomic E-state index is 0. The molecule has 0 spiro atoms. The van der Waals surface area contributed by atoms with Crippen molar-refractivity contribution in [3.8, 4) is 22.8 Å². The molecule has 0 bridgehead atoms. The zero-order valence-electron chi connectivity index (χ0n) is 11.0. The molecule has 0 saturated carbocycles. The predicted molar refractivity (Wildman–Crippen MR) is 77.1 cm³/mol. The van der Waals surface area contributed by atoms with Crippen molar-refractivity contribution in [3.63, 3.8) is 0 Å². The third-order valence-electron chi connectivity index (χ3n) is 2.60. The van der Waals surface area contributed by atoms with Crippen molar-refractivity contribution in [1.29, 1.82) is 0 Å². The molecule has 3 heterocycles. The van der Waals surface area contributed by atoms with Gasteiger partial charge in [0.25, 0.3) is 0 Å². The fourth-order valence-electron chi connectivity index (χ4n) is 1.75. The van der Waals surface area contributed by atoms with Gasteiger partial charge in [0.2, 0.25) is 0 Å². The molecule has 3 aromatic heterocycles. The van der Waals surface area contributed by atoms with E-state index in [1.54, 1.807) is 12.4 Å². The number of pyridine rings is 3. The Morgan fingerprint density at radius 1 is 0.550 bits per heavy atom. The van der Waals surface area contributed by atoms with Crippen LogP contribution >= 0.6 is 0 Å². The molecule has 0 aliphatic carbocycles. The molecule has 0 aliphatic rings. The van der Waals surface area contributed by atoms with Crippen molar-refractivity contribution >= 4 is 0 Å². The fourth-order valence-corrected chi connectivity index (χ4v) is 1.75. The Labute approximate surface area is 134 Å². The SMILES string of the molecule is [Au+].[CH3-].c1ccc(-c2cccc(-c3ccccn3)n2)nc1. The van der Waals surface area contributed by atoms with Gasteiger partial charge in [-0.3, -0.25) is 9.97 Å². The first-order valence-corrected chi connectivity index (χ1v) is 5.73. The third kappa shape index (κ3) is 3.61. The van der Waals surface area contributed by atoms with Crippen molar-refractivity contribution in [3.05, 3.63) is 74.4 Å². The smallest absolute Gasteiger partial charge is 0.358 e. The number of hydrogen-bond acceptors (Lipinski definition) is 3. The molecule has 0 unspecified atom stereocenters. The van der Waals surface area contributed by atoms with Crippen LogP contribution < -0.4 is 0 Å². The quantitative estimate of drug-likeness (QED) is 0.447. The first-order chi connectivity index (χ1) is 8.93. The van der Waals surface area contributed by atoms with Gasteiger partial charge in [0.1, 0.15) is 0 Å². The maximum Gasteiger partial charge on any atom is 1.00 e. The Kier molecular flexibility index (Phi) is 6.25. The van der Waals surface area contributed by atoms with E-state index in [-0.39, 0.29) is 29.8 Å². The molecule has 104 valence electrons. The van der Waals surface area contributed by atoms with Crippen LogP contribution in [0, 0.1) is 7.43 Å². The van der Waals surface area contributed by atoms with E-state index in [1.807, 2.05) is 54.6 Å². The molecule has 0 radical (unpaired) electrons. The van der Waals surface area contributed by atoms with E-state index in [0.29, 0.717) is 0 Å². The zero-order valence-corrected chi connectivity index (χ0v) is 13.2. The Hall–Kier alpha value is -1.81. The minimum absolute atomic E-state index is 0. The van der Waals surface area contributed by atoms with Crippen LogP contribution in [0.1, 0.15) is 0 Å². The maximum absolute atomic E-state index is 4.59. The van der Waals surface area contributed by atoms with Crippen LogP contribution in [-0.4, -0.2) is 15.0 Å². The Bertz CT molecular complexity index is 587. The standard InChI is InChI=1S/C15H11N3.CH3.Au/c1-3-10-16-12(6-1)14-8-5-9-15(18-14)13-7-2-4-11-17-13;;/h1-11H;1H3;/q;-1;+1. The molecule has 0 amide bonds. The van der Waals surface area contributed by atoms with E-state index in [1.165, 1.54) is 0 Å². The first kappa shape index (κ1) is 16.2. The van der Waals surface area contributed by atoms with Gasteiger partial charge in [0, 0.05) is 12.4 Å². The van der Waals surface area contributed by atoms with Gasteiger partial charge in [-0.15, -0.1) is 0 Å². The largest absolute Gasteiger partial charge is 1.00 e. The summed E-state index contributed by atoms with van der Waals surface area (Å²) in [6.07, 6.45) is 3.54. The van der Waals surface area contributed by atoms with Gasteiger partial charge in [-0.1, -0.05) is 18.2 Å². The average Bonchev–Trinajstić information content (AvgIpc) is 2.49. The average molecular weight is 445 g/mol. The van der Waals surface area contributed by atoms with E-state index in [2.05, 4.69) is 15.0 Å². The van der Waals surface area contributed by atoms with Gasteiger partial charge in [-0.05, 0) is 36.4 Å². The topological polar surface area (TPSA) is 38.7 Å². The summed E-state index contributed by atoms with van der Waals surface area (Å²) in [4.78, 5) is 13.2. The summed E-state index contributed by atoms with van der Waals surface area (Å²) in [7, 11) is 0. The second-order valence-electron chi connectivity index (χ2n) is 3.84. The monoisotopic (exact) mass is 445 g/mol. The first-order valence-electron chi connectivity index (χ1n) is 5.73. The molecule has 3 aromatic rings. The van der Waals surface area contributed by atoms with Crippen molar-refractivity contribution < 1.29 is 22.4 Å². The summed E-state index contributed by atoms with van der Waals surface area (Å²) in [6.45, 7) is 0. The summed E-state index contributed by atoms with van der Waals surface area (Å²) in [5.41, 5.74) is 3.46. The molecular formula is C16H14AuN3. The van der Waals surface area contributed by atoms with Crippen LogP contribution in [0.4, 0.5) is 0 Å². The summed E-state index contributed by atoms with van der Waals surface area (Å²) in [5.74, 6) is 0. The number of hydrogen-bond donors (Lipinski definition) is 0. The summed E-state index contributed by atoms with van der Waals surface area (Å²) < 4.78 is 0. The number of aromatic nitrogens is 3. The van der Waals surface area contributed by atoms with Crippen molar-refractivity contribution in [2.24, 2.45) is 0 Å². The zero-order chi connectivity index (χ0) is 12.2. The van der Waals surface area contributed by atoms with Crippen LogP contribution in [0.3, 0.4) is 0 Å². The third-order valence-corrected chi connectivity index (χ3v) is 2.60. The second kappa shape index (κ2) is 7.70. The van der Waals surface area contributed by atoms with Gasteiger partial charge in [0.15, 0.2) is 0 Å². The van der Waals surface area contributed by atoms with E-state index in [0.717, 1.165) is 22.8 Å².